The van der Waals surface area contributed by atoms with Gasteiger partial charge in [-0.2, -0.15) is 0 Å². The number of nitrogen functional groups attached to an aromatic ring is 1. The summed E-state index contributed by atoms with van der Waals surface area (Å²) in [5.41, 5.74) is 11.4. The summed E-state index contributed by atoms with van der Waals surface area (Å²) in [5, 5.41) is 11.3. The molecule has 12 nitrogen and oxygen atoms in total. The third kappa shape index (κ3) is 16.2. The fraction of sp³-hybridized carbons (Fsp3) is 0.275. The summed E-state index contributed by atoms with van der Waals surface area (Å²) < 4.78 is 20.8. The van der Waals surface area contributed by atoms with Crippen LogP contribution in [0.3, 0.4) is 0 Å². The van der Waals surface area contributed by atoms with Crippen LogP contribution in [0.5, 0.6) is 0 Å². The van der Waals surface area contributed by atoms with Gasteiger partial charge in [0, 0.05) is 20.3 Å². The Bertz CT molecular complexity index is 1890. The molecule has 0 aliphatic carbocycles. The second-order valence-corrected chi connectivity index (χ2v) is 14.3. The maximum Gasteiger partial charge on any atom is 0.412 e. The summed E-state index contributed by atoms with van der Waals surface area (Å²) >= 11 is 6.57. The van der Waals surface area contributed by atoms with Crippen molar-refractivity contribution in [3.63, 3.8) is 0 Å². The largest absolute Gasteiger partial charge is 0.478 e. The van der Waals surface area contributed by atoms with Crippen molar-refractivity contribution in [2.45, 2.75) is 54.1 Å². The summed E-state index contributed by atoms with van der Waals surface area (Å²) in [6.45, 7) is 12.6. The smallest absolute Gasteiger partial charge is 0.412 e. The first-order chi connectivity index (χ1) is 25.1. The highest BCUT2D eigenvalue weighted by molar-refractivity contribution is 9.10. The second kappa shape index (κ2) is 22.1. The molecule has 0 spiro atoms. The van der Waals surface area contributed by atoms with Gasteiger partial charge in [-0.05, 0) is 144 Å². The van der Waals surface area contributed by atoms with Crippen molar-refractivity contribution >= 4 is 73.2 Å². The fourth-order valence-corrected chi connectivity index (χ4v) is 5.31. The molecule has 54 heavy (non-hydrogen) atoms. The van der Waals surface area contributed by atoms with E-state index >= 15 is 0 Å². The molecule has 4 aromatic carbocycles. The average Bonchev–Trinajstić information content (AvgIpc) is 3.07. The SMILES string of the molecule is COC(=O)c1ccc(Br)cc1C.COC(=O)c1ccc(N)cc1C.COC(=O)c1ccc(NC(=O)OC(C)(C)C)cc1C.Cc1cc(Br)ccc1C(=O)O. The lowest BCUT2D eigenvalue weighted by Gasteiger charge is -2.19. The van der Waals surface area contributed by atoms with Gasteiger partial charge >= 0.3 is 30.0 Å². The molecular formula is C40H46Br2N2O10. The highest BCUT2D eigenvalue weighted by atomic mass is 79.9. The number of anilines is 2. The van der Waals surface area contributed by atoms with Gasteiger partial charge in [-0.1, -0.05) is 31.9 Å². The molecule has 0 fully saturated rings. The highest BCUT2D eigenvalue weighted by Crippen LogP contribution is 2.19. The number of carboxylic acid groups (broad SMARTS) is 1. The van der Waals surface area contributed by atoms with E-state index in [0.717, 1.165) is 31.2 Å². The number of carbonyl (C=O) groups is 5. The standard InChI is InChI=1S/C14H19NO4.C9H9BrO2.C9H11NO2.C8H7BrO2/c1-9-8-10(6-7-11(9)12(16)18-5)15-13(17)19-14(2,3)4;2*1-6-5-7(10)3-4-8(6)9(11)12-2;1-5-4-6(9)2-3-7(5)8(10)11/h6-8H,1-5H3,(H,15,17);3-5H,1-2H3;3-5H,10H2,1-2H3;2-4H,1H3,(H,10,11). The Morgan fingerprint density at radius 2 is 0.963 bits per heavy atom. The number of methoxy groups -OCH3 is 3. The van der Waals surface area contributed by atoms with E-state index < -0.39 is 23.6 Å². The zero-order chi connectivity index (χ0) is 41.3. The van der Waals surface area contributed by atoms with Gasteiger partial charge < -0.3 is 29.8 Å². The van der Waals surface area contributed by atoms with Gasteiger partial charge in [-0.15, -0.1) is 0 Å². The van der Waals surface area contributed by atoms with Gasteiger partial charge in [0.15, 0.2) is 0 Å². The third-order valence-electron chi connectivity index (χ3n) is 6.95. The molecule has 0 heterocycles. The van der Waals surface area contributed by atoms with Gasteiger partial charge in [0.25, 0.3) is 0 Å². The summed E-state index contributed by atoms with van der Waals surface area (Å²) in [7, 11) is 4.07. The maximum absolute atomic E-state index is 11.6. The van der Waals surface area contributed by atoms with Crippen molar-refractivity contribution < 1.29 is 48.0 Å². The quantitative estimate of drug-likeness (QED) is 0.0987. The lowest BCUT2D eigenvalue weighted by Crippen LogP contribution is -2.27. The van der Waals surface area contributed by atoms with Crippen molar-refractivity contribution in [2.24, 2.45) is 0 Å². The molecule has 0 atom stereocenters. The van der Waals surface area contributed by atoms with Crippen LogP contribution in [-0.2, 0) is 18.9 Å². The number of esters is 3. The topological polar surface area (TPSA) is 181 Å². The minimum atomic E-state index is -0.880. The molecule has 0 unspecified atom stereocenters. The predicted molar refractivity (Wildman–Crippen MR) is 215 cm³/mol. The molecule has 0 saturated carbocycles. The number of carboxylic acids is 1. The number of nitrogens with one attached hydrogen (secondary N) is 1. The molecule has 0 saturated heterocycles. The number of carbonyl (C=O) groups excluding carboxylic acids is 4. The fourth-order valence-electron chi connectivity index (χ4n) is 4.36. The number of amides is 1. The minimum absolute atomic E-state index is 0.292. The molecule has 290 valence electrons. The zero-order valence-electron chi connectivity index (χ0n) is 31.9. The lowest BCUT2D eigenvalue weighted by atomic mass is 10.1. The Balaban J connectivity index is 0.000000370. The van der Waals surface area contributed by atoms with Gasteiger partial charge in [0.1, 0.15) is 5.60 Å². The first kappa shape index (κ1) is 46.8. The normalized spacial score (nSPS) is 10.0. The number of hydrogen-bond acceptors (Lipinski definition) is 10. The lowest BCUT2D eigenvalue weighted by molar-refractivity contribution is 0.0591. The van der Waals surface area contributed by atoms with Crippen LogP contribution in [0, 0.1) is 27.7 Å². The Kier molecular flexibility index (Phi) is 19.2. The monoisotopic (exact) mass is 872 g/mol. The molecule has 0 aliphatic heterocycles. The molecule has 0 radical (unpaired) electrons. The van der Waals surface area contributed by atoms with Crippen LogP contribution in [-0.4, -0.2) is 62.0 Å². The molecule has 1 amide bonds. The number of nitrogens with two attached hydrogens (primary N) is 1. The summed E-state index contributed by atoms with van der Waals surface area (Å²) in [5.74, 6) is -1.90. The highest BCUT2D eigenvalue weighted by Gasteiger charge is 2.17. The van der Waals surface area contributed by atoms with Crippen LogP contribution in [0.4, 0.5) is 16.2 Å². The summed E-state index contributed by atoms with van der Waals surface area (Å²) in [6, 6.07) is 20.5. The average molecular weight is 875 g/mol. The molecule has 0 aromatic heterocycles. The number of hydrogen-bond donors (Lipinski definition) is 3. The van der Waals surface area contributed by atoms with Crippen LogP contribution in [0.1, 0.15) is 84.5 Å². The van der Waals surface area contributed by atoms with E-state index in [1.165, 1.54) is 21.3 Å². The van der Waals surface area contributed by atoms with Crippen LogP contribution in [0.25, 0.3) is 0 Å². The third-order valence-corrected chi connectivity index (χ3v) is 7.93. The Morgan fingerprint density at radius 1 is 0.593 bits per heavy atom. The van der Waals surface area contributed by atoms with Gasteiger partial charge in [0.2, 0.25) is 0 Å². The molecule has 4 aromatic rings. The number of aryl methyl sites for hydroxylation is 4. The maximum atomic E-state index is 11.6. The van der Waals surface area contributed by atoms with Crippen LogP contribution in [0.2, 0.25) is 0 Å². The molecule has 14 heteroatoms. The molecular weight excluding hydrogens is 828 g/mol. The van der Waals surface area contributed by atoms with Crippen LogP contribution in [0.15, 0.2) is 81.7 Å². The predicted octanol–water partition coefficient (Wildman–Crippen LogP) is 9.49. The first-order valence-electron chi connectivity index (χ1n) is 16.1. The minimum Gasteiger partial charge on any atom is -0.478 e. The van der Waals surface area contributed by atoms with E-state index in [4.69, 9.17) is 15.6 Å². The van der Waals surface area contributed by atoms with Crippen molar-refractivity contribution in [3.05, 3.63) is 126 Å². The second-order valence-electron chi connectivity index (χ2n) is 12.4. The summed E-state index contributed by atoms with van der Waals surface area (Å²) in [4.78, 5) is 55.7. The van der Waals surface area contributed by atoms with Crippen molar-refractivity contribution in [1.29, 1.82) is 0 Å². The van der Waals surface area contributed by atoms with Crippen molar-refractivity contribution in [1.82, 2.24) is 0 Å². The van der Waals surface area contributed by atoms with Crippen LogP contribution >= 0.6 is 31.9 Å². The zero-order valence-corrected chi connectivity index (χ0v) is 35.1. The number of benzene rings is 4. The van der Waals surface area contributed by atoms with E-state index in [2.05, 4.69) is 51.4 Å². The van der Waals surface area contributed by atoms with E-state index in [9.17, 15) is 24.0 Å². The number of rotatable bonds is 5. The molecule has 4 rings (SSSR count). The van der Waals surface area contributed by atoms with E-state index in [1.807, 2.05) is 26.0 Å². The number of halogens is 2. The van der Waals surface area contributed by atoms with E-state index in [0.29, 0.717) is 33.6 Å². The van der Waals surface area contributed by atoms with Gasteiger partial charge in [-0.25, -0.2) is 24.0 Å². The first-order valence-corrected chi connectivity index (χ1v) is 17.7. The Hall–Kier alpha value is -5.21. The molecule has 0 bridgehead atoms. The van der Waals surface area contributed by atoms with Crippen molar-refractivity contribution in [3.8, 4) is 0 Å². The van der Waals surface area contributed by atoms with Gasteiger partial charge in [-0.3, -0.25) is 5.32 Å². The van der Waals surface area contributed by atoms with Crippen molar-refractivity contribution in [2.75, 3.05) is 32.4 Å². The Labute approximate surface area is 332 Å². The number of ether oxygens (including phenoxy) is 4. The van der Waals surface area contributed by atoms with E-state index in [-0.39, 0.29) is 11.9 Å². The Morgan fingerprint density at radius 3 is 1.31 bits per heavy atom. The summed E-state index contributed by atoms with van der Waals surface area (Å²) in [6.07, 6.45) is -0.530. The molecule has 0 aliphatic rings. The molecule has 4 N–H and O–H groups in total. The number of aromatic carboxylic acids is 1. The van der Waals surface area contributed by atoms with E-state index in [1.54, 1.807) is 95.3 Å². The van der Waals surface area contributed by atoms with Gasteiger partial charge in [0.05, 0.1) is 43.6 Å². The van der Waals surface area contributed by atoms with Crippen LogP contribution < -0.4 is 11.1 Å².